The first-order chi connectivity index (χ1) is 9.02. The minimum Gasteiger partial charge on any atom is -0.394 e. The second-order valence-corrected chi connectivity index (χ2v) is 5.15. The van der Waals surface area contributed by atoms with Gasteiger partial charge in [0.25, 0.3) is 0 Å². The minimum absolute atomic E-state index is 0.0163. The van der Waals surface area contributed by atoms with Crippen LogP contribution in [0.2, 0.25) is 5.02 Å². The predicted molar refractivity (Wildman–Crippen MR) is 76.3 cm³/mol. The van der Waals surface area contributed by atoms with Crippen LogP contribution in [-0.2, 0) is 11.2 Å². The first-order valence-corrected chi connectivity index (χ1v) is 6.52. The summed E-state index contributed by atoms with van der Waals surface area (Å²) in [4.78, 5) is 16.8. The van der Waals surface area contributed by atoms with E-state index >= 15 is 0 Å². The van der Waals surface area contributed by atoms with Crippen LogP contribution in [0.4, 0.5) is 0 Å². The number of rotatable bonds is 4. The van der Waals surface area contributed by atoms with Gasteiger partial charge in [-0.2, -0.15) is 0 Å². The van der Waals surface area contributed by atoms with E-state index in [1.54, 1.807) is 11.9 Å². The highest BCUT2D eigenvalue weighted by molar-refractivity contribution is 6.31. The van der Waals surface area contributed by atoms with Crippen LogP contribution in [-0.4, -0.2) is 40.6 Å². The first-order valence-electron chi connectivity index (χ1n) is 6.15. The maximum Gasteiger partial charge on any atom is 0.227 e. The van der Waals surface area contributed by atoms with Crippen molar-refractivity contribution in [1.82, 2.24) is 9.88 Å². The van der Waals surface area contributed by atoms with E-state index in [-0.39, 0.29) is 18.6 Å². The quantitative estimate of drug-likeness (QED) is 0.902. The van der Waals surface area contributed by atoms with E-state index in [4.69, 9.17) is 16.7 Å². The van der Waals surface area contributed by atoms with Crippen molar-refractivity contribution in [1.29, 1.82) is 0 Å². The molecule has 0 aliphatic heterocycles. The number of nitrogens with zero attached hydrogens (tertiary/aromatic N) is 1. The van der Waals surface area contributed by atoms with Crippen LogP contribution in [0.25, 0.3) is 10.9 Å². The molecule has 102 valence electrons. The lowest BCUT2D eigenvalue weighted by Crippen LogP contribution is -2.38. The molecule has 1 unspecified atom stereocenters. The average Bonchev–Trinajstić information content (AvgIpc) is 2.79. The molecule has 19 heavy (non-hydrogen) atoms. The first kappa shape index (κ1) is 13.9. The van der Waals surface area contributed by atoms with Crippen LogP contribution in [0.3, 0.4) is 0 Å². The summed E-state index contributed by atoms with van der Waals surface area (Å²) in [5, 5.41) is 10.7. The predicted octanol–water partition coefficient (Wildman–Crippen LogP) is 2.20. The van der Waals surface area contributed by atoms with Crippen molar-refractivity contribution in [3.8, 4) is 0 Å². The molecule has 2 N–H and O–H groups in total. The lowest BCUT2D eigenvalue weighted by atomic mass is 10.1. The van der Waals surface area contributed by atoms with Crippen LogP contribution < -0.4 is 0 Å². The maximum atomic E-state index is 12.1. The fourth-order valence-electron chi connectivity index (χ4n) is 1.96. The number of likely N-dealkylation sites (N-methyl/N-ethyl adjacent to an activating group) is 1. The third kappa shape index (κ3) is 2.91. The summed E-state index contributed by atoms with van der Waals surface area (Å²) >= 11 is 5.92. The summed E-state index contributed by atoms with van der Waals surface area (Å²) in [6, 6.07) is 5.38. The number of carbonyl (C=O) groups excluding carboxylic acids is 1. The van der Waals surface area contributed by atoms with E-state index in [0.29, 0.717) is 11.4 Å². The van der Waals surface area contributed by atoms with Gasteiger partial charge in [0, 0.05) is 29.2 Å². The van der Waals surface area contributed by atoms with E-state index < -0.39 is 0 Å². The van der Waals surface area contributed by atoms with Gasteiger partial charge in [-0.1, -0.05) is 17.7 Å². The number of aromatic amines is 1. The highest BCUT2D eigenvalue weighted by atomic mass is 35.5. The number of H-pyrrole nitrogens is 1. The number of halogens is 1. The Labute approximate surface area is 117 Å². The zero-order valence-electron chi connectivity index (χ0n) is 11.0. The lowest BCUT2D eigenvalue weighted by molar-refractivity contribution is -0.131. The molecule has 5 heteroatoms. The highest BCUT2D eigenvalue weighted by Gasteiger charge is 2.16. The SMILES string of the molecule is CC(CO)N(C)C(=O)Cc1c[nH]c2cc(Cl)ccc12. The molecule has 1 aromatic heterocycles. The number of aliphatic hydroxyl groups is 1. The second kappa shape index (κ2) is 5.63. The summed E-state index contributed by atoms with van der Waals surface area (Å²) in [5.74, 6) is -0.0163. The average molecular weight is 281 g/mol. The monoisotopic (exact) mass is 280 g/mol. The molecule has 4 nitrogen and oxygen atoms in total. The van der Waals surface area contributed by atoms with Crippen molar-refractivity contribution < 1.29 is 9.90 Å². The van der Waals surface area contributed by atoms with Gasteiger partial charge in [0.05, 0.1) is 19.1 Å². The van der Waals surface area contributed by atoms with E-state index in [9.17, 15) is 4.79 Å². The molecule has 0 bridgehead atoms. The van der Waals surface area contributed by atoms with E-state index in [0.717, 1.165) is 16.5 Å². The number of carbonyl (C=O) groups is 1. The maximum absolute atomic E-state index is 12.1. The molecule has 0 saturated carbocycles. The molecule has 0 aliphatic carbocycles. The molecule has 1 aromatic carbocycles. The summed E-state index contributed by atoms with van der Waals surface area (Å²) in [6.07, 6.45) is 2.14. The molecule has 2 rings (SSSR count). The third-order valence-electron chi connectivity index (χ3n) is 3.39. The van der Waals surface area contributed by atoms with Crippen molar-refractivity contribution in [2.75, 3.05) is 13.7 Å². The Bertz CT molecular complexity index is 594. The van der Waals surface area contributed by atoms with Crippen molar-refractivity contribution in [2.24, 2.45) is 0 Å². The van der Waals surface area contributed by atoms with Crippen molar-refractivity contribution in [2.45, 2.75) is 19.4 Å². The van der Waals surface area contributed by atoms with Gasteiger partial charge in [0.15, 0.2) is 0 Å². The van der Waals surface area contributed by atoms with Gasteiger partial charge in [-0.15, -0.1) is 0 Å². The smallest absolute Gasteiger partial charge is 0.227 e. The number of hydrogen-bond acceptors (Lipinski definition) is 2. The number of hydrogen-bond donors (Lipinski definition) is 2. The van der Waals surface area contributed by atoms with Gasteiger partial charge < -0.3 is 15.0 Å². The largest absolute Gasteiger partial charge is 0.394 e. The van der Waals surface area contributed by atoms with Crippen LogP contribution in [0.5, 0.6) is 0 Å². The Morgan fingerprint density at radius 1 is 1.53 bits per heavy atom. The number of fused-ring (bicyclic) bond motifs is 1. The summed E-state index contributed by atoms with van der Waals surface area (Å²) < 4.78 is 0. The number of aliphatic hydroxyl groups excluding tert-OH is 1. The number of aromatic nitrogens is 1. The molecule has 0 aliphatic rings. The normalized spacial score (nSPS) is 12.6. The fourth-order valence-corrected chi connectivity index (χ4v) is 2.13. The van der Waals surface area contributed by atoms with Crippen molar-refractivity contribution >= 4 is 28.4 Å². The van der Waals surface area contributed by atoms with Crippen molar-refractivity contribution in [3.63, 3.8) is 0 Å². The lowest BCUT2D eigenvalue weighted by Gasteiger charge is -2.23. The van der Waals surface area contributed by atoms with Crippen LogP contribution in [0, 0.1) is 0 Å². The molecule has 0 fully saturated rings. The summed E-state index contributed by atoms with van der Waals surface area (Å²) in [6.45, 7) is 1.78. The fraction of sp³-hybridized carbons (Fsp3) is 0.357. The van der Waals surface area contributed by atoms with Gasteiger partial charge >= 0.3 is 0 Å². The number of benzene rings is 1. The van der Waals surface area contributed by atoms with Crippen LogP contribution in [0.15, 0.2) is 24.4 Å². The summed E-state index contributed by atoms with van der Waals surface area (Å²) in [7, 11) is 1.70. The Hall–Kier alpha value is -1.52. The Morgan fingerprint density at radius 3 is 2.95 bits per heavy atom. The van der Waals surface area contributed by atoms with Gasteiger partial charge in [-0.3, -0.25) is 4.79 Å². The Kier molecular flexibility index (Phi) is 4.12. The standard InChI is InChI=1S/C14H17ClN2O2/c1-9(8-18)17(2)14(19)5-10-7-16-13-6-11(15)3-4-12(10)13/h3-4,6-7,9,16,18H,5,8H2,1-2H3. The number of nitrogens with one attached hydrogen (secondary N) is 1. The zero-order valence-corrected chi connectivity index (χ0v) is 11.7. The third-order valence-corrected chi connectivity index (χ3v) is 3.63. The minimum atomic E-state index is -0.174. The van der Waals surface area contributed by atoms with Gasteiger partial charge in [0.1, 0.15) is 0 Å². The molecule has 0 spiro atoms. The van der Waals surface area contributed by atoms with Gasteiger partial charge in [-0.05, 0) is 24.6 Å². The van der Waals surface area contributed by atoms with Crippen LogP contribution in [0.1, 0.15) is 12.5 Å². The zero-order chi connectivity index (χ0) is 14.0. The Morgan fingerprint density at radius 2 is 2.26 bits per heavy atom. The van der Waals surface area contributed by atoms with E-state index in [1.165, 1.54) is 0 Å². The van der Waals surface area contributed by atoms with Gasteiger partial charge in [-0.25, -0.2) is 0 Å². The molecule has 0 radical (unpaired) electrons. The molecular formula is C14H17ClN2O2. The van der Waals surface area contributed by atoms with Gasteiger partial charge in [0.2, 0.25) is 5.91 Å². The summed E-state index contributed by atoms with van der Waals surface area (Å²) in [5.41, 5.74) is 1.86. The highest BCUT2D eigenvalue weighted by Crippen LogP contribution is 2.22. The van der Waals surface area contributed by atoms with E-state index in [2.05, 4.69) is 4.98 Å². The number of amides is 1. The molecule has 0 saturated heterocycles. The van der Waals surface area contributed by atoms with Crippen LogP contribution >= 0.6 is 11.6 Å². The molecule has 2 aromatic rings. The molecular weight excluding hydrogens is 264 g/mol. The van der Waals surface area contributed by atoms with E-state index in [1.807, 2.05) is 31.3 Å². The second-order valence-electron chi connectivity index (χ2n) is 4.72. The molecule has 1 atom stereocenters. The molecule has 1 heterocycles. The molecule has 1 amide bonds. The topological polar surface area (TPSA) is 56.3 Å². The van der Waals surface area contributed by atoms with Crippen molar-refractivity contribution in [3.05, 3.63) is 35.0 Å². The Balaban J connectivity index is 2.20.